The molecule has 0 aliphatic carbocycles. The smallest absolute Gasteiger partial charge is 0.410 e. The number of hydrogen-bond donors (Lipinski definition) is 2. The number of carbonyl (C=O) groups excluding carboxylic acids is 3. The van der Waals surface area contributed by atoms with Crippen molar-refractivity contribution in [1.82, 2.24) is 20.4 Å². The molecule has 2 N–H and O–H groups in total. The highest BCUT2D eigenvalue weighted by atomic mass is 16.6. The molecule has 0 spiro atoms. The van der Waals surface area contributed by atoms with Crippen molar-refractivity contribution >= 4 is 18.1 Å². The Bertz CT molecular complexity index is 947. The van der Waals surface area contributed by atoms with Gasteiger partial charge in [-0.3, -0.25) is 4.90 Å². The molecule has 3 amide bonds. The molecule has 0 bridgehead atoms. The molecule has 2 heterocycles. The van der Waals surface area contributed by atoms with Gasteiger partial charge in [-0.1, -0.05) is 18.2 Å². The summed E-state index contributed by atoms with van der Waals surface area (Å²) in [5.41, 5.74) is 0.911. The minimum atomic E-state index is -0.720. The average molecular weight is 475 g/mol. The molecular weight excluding hydrogens is 440 g/mol. The number of nitrogens with one attached hydrogen (secondary N) is 2. The first-order chi connectivity index (χ1) is 16.1. The largest absolute Gasteiger partial charge is 0.494 e. The van der Waals surface area contributed by atoms with Gasteiger partial charge >= 0.3 is 18.1 Å². The first-order valence-electron chi connectivity index (χ1n) is 11.4. The van der Waals surface area contributed by atoms with E-state index in [9.17, 15) is 14.4 Å². The monoisotopic (exact) mass is 474 g/mol. The first-order valence-corrected chi connectivity index (χ1v) is 11.4. The second kappa shape index (κ2) is 10.8. The van der Waals surface area contributed by atoms with Crippen molar-refractivity contribution in [1.29, 1.82) is 0 Å². The summed E-state index contributed by atoms with van der Waals surface area (Å²) < 4.78 is 16.3. The third kappa shape index (κ3) is 6.19. The molecule has 0 aromatic heterocycles. The van der Waals surface area contributed by atoms with Crippen LogP contribution in [0.2, 0.25) is 0 Å². The molecule has 1 aromatic carbocycles. The Kier molecular flexibility index (Phi) is 8.03. The highest BCUT2D eigenvalue weighted by Gasteiger charge is 2.36. The molecule has 1 atom stereocenters. The Morgan fingerprint density at radius 1 is 1.12 bits per heavy atom. The van der Waals surface area contributed by atoms with Crippen molar-refractivity contribution in [2.24, 2.45) is 0 Å². The summed E-state index contributed by atoms with van der Waals surface area (Å²) in [4.78, 5) is 41.5. The van der Waals surface area contributed by atoms with E-state index >= 15 is 0 Å². The van der Waals surface area contributed by atoms with Crippen molar-refractivity contribution in [3.63, 3.8) is 0 Å². The number of benzene rings is 1. The number of nitrogens with zero attached hydrogens (tertiary/aromatic N) is 2. The molecule has 10 nitrogen and oxygen atoms in total. The third-order valence-corrected chi connectivity index (χ3v) is 5.49. The maximum absolute atomic E-state index is 12.9. The summed E-state index contributed by atoms with van der Waals surface area (Å²) >= 11 is 0. The zero-order valence-corrected chi connectivity index (χ0v) is 20.5. The van der Waals surface area contributed by atoms with Crippen LogP contribution < -0.4 is 15.4 Å². The lowest BCUT2D eigenvalue weighted by Crippen LogP contribution is -2.53. The molecule has 1 aromatic rings. The number of urea groups is 1. The van der Waals surface area contributed by atoms with Crippen LogP contribution >= 0.6 is 0 Å². The van der Waals surface area contributed by atoms with E-state index in [2.05, 4.69) is 15.5 Å². The summed E-state index contributed by atoms with van der Waals surface area (Å²) in [6, 6.07) is 6.16. The fourth-order valence-electron chi connectivity index (χ4n) is 3.97. The van der Waals surface area contributed by atoms with Crippen LogP contribution in [0.5, 0.6) is 5.75 Å². The van der Waals surface area contributed by atoms with E-state index in [4.69, 9.17) is 14.2 Å². The Labute approximate surface area is 200 Å². The topological polar surface area (TPSA) is 109 Å². The van der Waals surface area contributed by atoms with E-state index in [-0.39, 0.29) is 6.09 Å². The number of para-hydroxylation sites is 1. The van der Waals surface area contributed by atoms with Crippen LogP contribution in [0.15, 0.2) is 35.5 Å². The molecule has 10 heteroatoms. The predicted molar refractivity (Wildman–Crippen MR) is 125 cm³/mol. The van der Waals surface area contributed by atoms with Gasteiger partial charge in [-0.2, -0.15) is 0 Å². The van der Waals surface area contributed by atoms with Crippen molar-refractivity contribution in [2.75, 3.05) is 46.4 Å². The summed E-state index contributed by atoms with van der Waals surface area (Å²) in [5.74, 6) is 0.0510. The van der Waals surface area contributed by atoms with Gasteiger partial charge in [0.25, 0.3) is 0 Å². The number of methoxy groups -OCH3 is 1. The van der Waals surface area contributed by atoms with Gasteiger partial charge in [0.2, 0.25) is 0 Å². The van der Waals surface area contributed by atoms with Crippen LogP contribution in [0, 0.1) is 0 Å². The fourth-order valence-corrected chi connectivity index (χ4v) is 3.97. The SMILES string of the molecule is CCOc1ccccc1[C@H]1NC(=O)NC(CN2CCN(C(=O)OC(C)(C)C)CC2)=C1C(=O)OC. The van der Waals surface area contributed by atoms with Gasteiger partial charge in [0.05, 0.1) is 25.3 Å². The van der Waals surface area contributed by atoms with Crippen molar-refractivity contribution < 1.29 is 28.6 Å². The van der Waals surface area contributed by atoms with Crippen molar-refractivity contribution in [3.8, 4) is 5.75 Å². The van der Waals surface area contributed by atoms with Crippen LogP contribution in [0.25, 0.3) is 0 Å². The minimum absolute atomic E-state index is 0.323. The Balaban J connectivity index is 1.82. The van der Waals surface area contributed by atoms with Gasteiger partial charge < -0.3 is 29.7 Å². The summed E-state index contributed by atoms with van der Waals surface area (Å²) in [6.07, 6.45) is -0.343. The zero-order chi connectivity index (χ0) is 24.9. The standard InChI is InChI=1S/C24H34N4O6/c1-6-33-18-10-8-7-9-16(18)20-19(21(29)32-5)17(25-22(30)26-20)15-27-11-13-28(14-12-27)23(31)34-24(2,3)4/h7-10,20H,6,11-15H2,1-5H3,(H2,25,26,30)/t20-/m1/s1. The van der Waals surface area contributed by atoms with E-state index in [1.165, 1.54) is 7.11 Å². The van der Waals surface area contributed by atoms with Gasteiger partial charge in [-0.15, -0.1) is 0 Å². The number of carbonyl (C=O) groups is 3. The second-order valence-corrected chi connectivity index (χ2v) is 9.13. The summed E-state index contributed by atoms with van der Waals surface area (Å²) in [7, 11) is 1.31. The molecule has 1 fully saturated rings. The van der Waals surface area contributed by atoms with Crippen LogP contribution in [0.3, 0.4) is 0 Å². The highest BCUT2D eigenvalue weighted by Crippen LogP contribution is 2.34. The normalized spacial score (nSPS) is 19.3. The van der Waals surface area contributed by atoms with E-state index in [1.807, 2.05) is 45.9 Å². The van der Waals surface area contributed by atoms with Crippen LogP contribution in [-0.4, -0.2) is 79.9 Å². The van der Waals surface area contributed by atoms with Crippen LogP contribution in [0.4, 0.5) is 9.59 Å². The van der Waals surface area contributed by atoms with Gasteiger partial charge in [-0.25, -0.2) is 14.4 Å². The highest BCUT2D eigenvalue weighted by molar-refractivity contribution is 5.95. The van der Waals surface area contributed by atoms with Crippen molar-refractivity contribution in [2.45, 2.75) is 39.3 Å². The fraction of sp³-hybridized carbons (Fsp3) is 0.542. The quantitative estimate of drug-likeness (QED) is 0.610. The Morgan fingerprint density at radius 3 is 2.41 bits per heavy atom. The molecule has 34 heavy (non-hydrogen) atoms. The third-order valence-electron chi connectivity index (χ3n) is 5.49. The zero-order valence-electron chi connectivity index (χ0n) is 20.5. The molecule has 2 aliphatic rings. The molecule has 0 radical (unpaired) electrons. The van der Waals surface area contributed by atoms with Crippen LogP contribution in [0.1, 0.15) is 39.3 Å². The predicted octanol–water partition coefficient (Wildman–Crippen LogP) is 2.42. The number of amides is 3. The van der Waals surface area contributed by atoms with E-state index in [0.717, 1.165) is 0 Å². The number of piperazine rings is 1. The van der Waals surface area contributed by atoms with Crippen LogP contribution in [-0.2, 0) is 14.3 Å². The van der Waals surface area contributed by atoms with Gasteiger partial charge in [0, 0.05) is 44.0 Å². The maximum Gasteiger partial charge on any atom is 0.410 e. The summed E-state index contributed by atoms with van der Waals surface area (Å²) in [6.45, 7) is 10.3. The number of rotatable bonds is 6. The number of hydrogen-bond acceptors (Lipinski definition) is 7. The van der Waals surface area contributed by atoms with Crippen molar-refractivity contribution in [3.05, 3.63) is 41.1 Å². The molecule has 3 rings (SSSR count). The van der Waals surface area contributed by atoms with Gasteiger partial charge in [0.1, 0.15) is 11.4 Å². The molecular formula is C24H34N4O6. The lowest BCUT2D eigenvalue weighted by molar-refractivity contribution is -0.136. The molecule has 0 unspecified atom stereocenters. The lowest BCUT2D eigenvalue weighted by atomic mass is 9.94. The molecule has 186 valence electrons. The van der Waals surface area contributed by atoms with E-state index in [1.54, 1.807) is 11.0 Å². The molecule has 1 saturated heterocycles. The first kappa shape index (κ1) is 25.4. The lowest BCUT2D eigenvalue weighted by Gasteiger charge is -2.37. The summed E-state index contributed by atoms with van der Waals surface area (Å²) in [5, 5.41) is 5.62. The molecule has 0 saturated carbocycles. The Morgan fingerprint density at radius 2 is 1.79 bits per heavy atom. The minimum Gasteiger partial charge on any atom is -0.494 e. The molecule has 2 aliphatic heterocycles. The average Bonchev–Trinajstić information content (AvgIpc) is 2.78. The number of esters is 1. The van der Waals surface area contributed by atoms with Gasteiger partial charge in [0.15, 0.2) is 0 Å². The second-order valence-electron chi connectivity index (χ2n) is 9.13. The maximum atomic E-state index is 12.9. The number of ether oxygens (including phenoxy) is 3. The van der Waals surface area contributed by atoms with Gasteiger partial charge in [-0.05, 0) is 33.8 Å². The Hall–Kier alpha value is -3.27. The van der Waals surface area contributed by atoms with E-state index < -0.39 is 23.6 Å². The van der Waals surface area contributed by atoms with E-state index in [0.29, 0.717) is 61.9 Å².